The quantitative estimate of drug-likeness (QED) is 0.657. The summed E-state index contributed by atoms with van der Waals surface area (Å²) in [4.78, 5) is 33.9. The second-order valence-corrected chi connectivity index (χ2v) is 7.36. The maximum absolute atomic E-state index is 13.1. The lowest BCUT2D eigenvalue weighted by Gasteiger charge is -2.37. The van der Waals surface area contributed by atoms with Gasteiger partial charge in [0.1, 0.15) is 6.61 Å². The van der Waals surface area contributed by atoms with E-state index in [0.717, 1.165) is 5.39 Å². The number of amides is 2. The van der Waals surface area contributed by atoms with E-state index in [2.05, 4.69) is 4.98 Å². The Morgan fingerprint density at radius 3 is 2.43 bits per heavy atom. The van der Waals surface area contributed by atoms with Gasteiger partial charge in [-0.3, -0.25) is 14.6 Å². The molecule has 2 aliphatic rings. The number of rotatable bonds is 2. The average Bonchev–Trinajstić information content (AvgIpc) is 2.82. The summed E-state index contributed by atoms with van der Waals surface area (Å²) in [6, 6.07) is 16.8. The molecular weight excluding hydrogens is 382 g/mol. The van der Waals surface area contributed by atoms with Crippen LogP contribution in [0.2, 0.25) is 0 Å². The second kappa shape index (κ2) is 7.67. The molecule has 0 radical (unpaired) electrons. The predicted molar refractivity (Wildman–Crippen MR) is 111 cm³/mol. The number of pyridine rings is 1. The van der Waals surface area contributed by atoms with Crippen LogP contribution in [0.1, 0.15) is 10.4 Å². The van der Waals surface area contributed by atoms with E-state index in [1.165, 1.54) is 0 Å². The van der Waals surface area contributed by atoms with E-state index in [4.69, 9.17) is 9.47 Å². The molecule has 0 N–H and O–H groups in total. The third kappa shape index (κ3) is 3.32. The lowest BCUT2D eigenvalue weighted by Crippen LogP contribution is -2.55. The zero-order chi connectivity index (χ0) is 20.5. The van der Waals surface area contributed by atoms with Gasteiger partial charge in [-0.2, -0.15) is 0 Å². The van der Waals surface area contributed by atoms with Crippen molar-refractivity contribution in [1.29, 1.82) is 0 Å². The van der Waals surface area contributed by atoms with Crippen LogP contribution in [0, 0.1) is 0 Å². The number of nitrogens with zero attached hydrogens (tertiary/aromatic N) is 3. The van der Waals surface area contributed by atoms with Gasteiger partial charge in [0.05, 0.1) is 11.1 Å². The van der Waals surface area contributed by atoms with Crippen LogP contribution in [-0.4, -0.2) is 65.5 Å². The number of hydrogen-bond acceptors (Lipinski definition) is 5. The molecule has 1 saturated heterocycles. The van der Waals surface area contributed by atoms with E-state index in [1.54, 1.807) is 28.1 Å². The van der Waals surface area contributed by atoms with Gasteiger partial charge in [-0.25, -0.2) is 0 Å². The van der Waals surface area contributed by atoms with Crippen LogP contribution in [0.15, 0.2) is 60.8 Å². The van der Waals surface area contributed by atoms with Gasteiger partial charge in [0.25, 0.3) is 11.8 Å². The summed E-state index contributed by atoms with van der Waals surface area (Å²) in [5, 5.41) is 0.937. The fourth-order valence-corrected chi connectivity index (χ4v) is 3.92. The van der Waals surface area contributed by atoms with E-state index < -0.39 is 6.10 Å². The van der Waals surface area contributed by atoms with Crippen molar-refractivity contribution in [2.24, 2.45) is 0 Å². The highest BCUT2D eigenvalue weighted by Gasteiger charge is 2.33. The van der Waals surface area contributed by atoms with E-state index in [0.29, 0.717) is 48.8 Å². The highest BCUT2D eigenvalue weighted by atomic mass is 16.6. The van der Waals surface area contributed by atoms with Gasteiger partial charge in [0.2, 0.25) is 6.10 Å². The summed E-state index contributed by atoms with van der Waals surface area (Å²) in [7, 11) is 0. The number of fused-ring (bicyclic) bond motifs is 2. The molecule has 2 amide bonds. The first-order valence-corrected chi connectivity index (χ1v) is 10.0. The highest BCUT2D eigenvalue weighted by Crippen LogP contribution is 2.31. The Hall–Kier alpha value is -3.61. The zero-order valence-corrected chi connectivity index (χ0v) is 16.4. The molecule has 0 unspecified atom stereocenters. The minimum Gasteiger partial charge on any atom is -0.485 e. The number of aromatic nitrogens is 1. The first-order chi connectivity index (χ1) is 14.7. The molecular formula is C23H21N3O4. The number of hydrogen-bond donors (Lipinski definition) is 0. The van der Waals surface area contributed by atoms with E-state index in [1.807, 2.05) is 42.5 Å². The van der Waals surface area contributed by atoms with Crippen LogP contribution < -0.4 is 9.47 Å². The van der Waals surface area contributed by atoms with Crippen LogP contribution in [0.3, 0.4) is 0 Å². The second-order valence-electron chi connectivity index (χ2n) is 7.36. The predicted octanol–water partition coefficient (Wildman–Crippen LogP) is 2.36. The molecule has 0 bridgehead atoms. The van der Waals surface area contributed by atoms with Crippen LogP contribution in [0.5, 0.6) is 11.5 Å². The Kier molecular flexibility index (Phi) is 4.71. The molecule has 2 aromatic carbocycles. The van der Waals surface area contributed by atoms with Crippen LogP contribution in [0.25, 0.3) is 10.9 Å². The molecule has 0 spiro atoms. The lowest BCUT2D eigenvalue weighted by molar-refractivity contribution is -0.142. The van der Waals surface area contributed by atoms with Gasteiger partial charge in [-0.05, 0) is 24.3 Å². The summed E-state index contributed by atoms with van der Waals surface area (Å²) < 4.78 is 11.5. The van der Waals surface area contributed by atoms with Gasteiger partial charge in [-0.1, -0.05) is 30.3 Å². The number of carbonyl (C=O) groups is 2. The monoisotopic (exact) mass is 403 g/mol. The maximum Gasteiger partial charge on any atom is 0.267 e. The number of piperazine rings is 1. The zero-order valence-electron chi connectivity index (χ0n) is 16.4. The summed E-state index contributed by atoms with van der Waals surface area (Å²) >= 11 is 0. The molecule has 5 rings (SSSR count). The third-order valence-electron chi connectivity index (χ3n) is 5.53. The summed E-state index contributed by atoms with van der Waals surface area (Å²) in [5.74, 6) is 1.07. The highest BCUT2D eigenvalue weighted by molar-refractivity contribution is 6.05. The minimum absolute atomic E-state index is 0.0578. The fourth-order valence-electron chi connectivity index (χ4n) is 3.92. The van der Waals surface area contributed by atoms with Crippen molar-refractivity contribution < 1.29 is 19.1 Å². The normalized spacial score (nSPS) is 18.3. The minimum atomic E-state index is -0.663. The smallest absolute Gasteiger partial charge is 0.267 e. The largest absolute Gasteiger partial charge is 0.485 e. The molecule has 3 heterocycles. The van der Waals surface area contributed by atoms with E-state index in [9.17, 15) is 9.59 Å². The Labute approximate surface area is 173 Å². The van der Waals surface area contributed by atoms with Crippen molar-refractivity contribution >= 4 is 22.7 Å². The van der Waals surface area contributed by atoms with Gasteiger partial charge < -0.3 is 19.3 Å². The molecule has 1 atom stereocenters. The number of carbonyl (C=O) groups excluding carboxylic acids is 2. The van der Waals surface area contributed by atoms with E-state index in [-0.39, 0.29) is 18.4 Å². The average molecular weight is 403 g/mol. The van der Waals surface area contributed by atoms with Crippen molar-refractivity contribution in [1.82, 2.24) is 14.8 Å². The molecule has 0 saturated carbocycles. The molecule has 30 heavy (non-hydrogen) atoms. The fraction of sp³-hybridized carbons (Fsp3) is 0.261. The van der Waals surface area contributed by atoms with Gasteiger partial charge in [0.15, 0.2) is 11.5 Å². The first kappa shape index (κ1) is 18.4. The lowest BCUT2D eigenvalue weighted by atomic mass is 10.1. The van der Waals surface area contributed by atoms with Crippen molar-refractivity contribution in [2.75, 3.05) is 32.8 Å². The van der Waals surface area contributed by atoms with Crippen LogP contribution in [-0.2, 0) is 4.79 Å². The Bertz CT molecular complexity index is 1100. The molecule has 1 fully saturated rings. The number of ether oxygens (including phenoxy) is 2. The van der Waals surface area contributed by atoms with E-state index >= 15 is 0 Å². The number of benzene rings is 2. The van der Waals surface area contributed by atoms with Crippen molar-refractivity contribution in [3.8, 4) is 11.5 Å². The SMILES string of the molecule is O=C(c1cccc2cccnc12)N1CCN(C(=O)[C@@H]2COc3ccccc3O2)CC1. The molecule has 152 valence electrons. The Balaban J connectivity index is 1.24. The van der Waals surface area contributed by atoms with Gasteiger partial charge in [-0.15, -0.1) is 0 Å². The first-order valence-electron chi connectivity index (χ1n) is 10.0. The standard InChI is InChI=1S/C23H21N3O4/c27-22(17-7-3-5-16-6-4-10-24-21(16)17)25-11-13-26(14-12-25)23(28)20-15-29-18-8-1-2-9-19(18)30-20/h1-10,20H,11-15H2/t20-/m0/s1. The van der Waals surface area contributed by atoms with Crippen molar-refractivity contribution in [3.05, 3.63) is 66.4 Å². The molecule has 7 heteroatoms. The van der Waals surface area contributed by atoms with Crippen LogP contribution in [0.4, 0.5) is 0 Å². The maximum atomic E-state index is 13.1. The Morgan fingerprint density at radius 1 is 0.867 bits per heavy atom. The Morgan fingerprint density at radius 2 is 1.60 bits per heavy atom. The molecule has 3 aromatic rings. The number of para-hydroxylation sites is 3. The van der Waals surface area contributed by atoms with Crippen molar-refractivity contribution in [3.63, 3.8) is 0 Å². The third-order valence-corrected chi connectivity index (χ3v) is 5.53. The van der Waals surface area contributed by atoms with Gasteiger partial charge >= 0.3 is 0 Å². The molecule has 0 aliphatic carbocycles. The summed E-state index contributed by atoms with van der Waals surface area (Å²) in [5.41, 5.74) is 1.29. The molecule has 2 aliphatic heterocycles. The summed E-state index contributed by atoms with van der Waals surface area (Å²) in [6.45, 7) is 2.06. The molecule has 7 nitrogen and oxygen atoms in total. The summed E-state index contributed by atoms with van der Waals surface area (Å²) in [6.07, 6.45) is 1.03. The van der Waals surface area contributed by atoms with Gasteiger partial charge in [0, 0.05) is 37.8 Å². The van der Waals surface area contributed by atoms with Crippen LogP contribution >= 0.6 is 0 Å². The topological polar surface area (TPSA) is 72.0 Å². The van der Waals surface area contributed by atoms with Crippen molar-refractivity contribution in [2.45, 2.75) is 6.10 Å². The molecule has 1 aromatic heterocycles.